The Labute approximate surface area is 383 Å². The summed E-state index contributed by atoms with van der Waals surface area (Å²) in [5.41, 5.74) is -11.9. The number of carbonyl (C=O) groups excluding carboxylic acids is 4. The molecule has 4 unspecified atom stereocenters. The maximum Gasteiger partial charge on any atom is 0.411 e. The molecule has 2 rings (SSSR count). The van der Waals surface area contributed by atoms with Crippen molar-refractivity contribution in [3.63, 3.8) is 0 Å². The fourth-order valence-electron chi connectivity index (χ4n) is 8.00. The van der Waals surface area contributed by atoms with Gasteiger partial charge in [0, 0.05) is 0 Å². The second-order valence-corrected chi connectivity index (χ2v) is 17.3. The zero-order valence-electron chi connectivity index (χ0n) is 39.9. The molecule has 4 atom stereocenters. The zero-order valence-corrected chi connectivity index (χ0v) is 39.9. The Kier molecular flexibility index (Phi) is 24.7. The molecule has 8 nitrogen and oxygen atoms in total. The van der Waals surface area contributed by atoms with Gasteiger partial charge in [0.15, 0.2) is 0 Å². The van der Waals surface area contributed by atoms with Crippen molar-refractivity contribution in [1.82, 2.24) is 0 Å². The standard InChI is InChI=1S/C51H74F6O8/c1-9-17-22-35(13-5)31-62-45(58)40-29-28-39(30-42(40)47(60)64-33-37(15-7)24-19-11-3)49(50(52,53)54,51(55,56)57)43-27-21-26-41(46(59)63-32-36(14-6)23-18-10-2)44(43)48(61)65-34-38(16-8)25-20-12-4/h21,26-30,35-38H,9-20,22-25,31-34H2,1-8H3. The number of carbonyl (C=O) groups is 4. The Morgan fingerprint density at radius 3 is 1.17 bits per heavy atom. The second-order valence-electron chi connectivity index (χ2n) is 17.3. The van der Waals surface area contributed by atoms with Gasteiger partial charge in [0.1, 0.15) is 0 Å². The highest BCUT2D eigenvalue weighted by Crippen LogP contribution is 2.57. The quantitative estimate of drug-likeness (QED) is 0.0433. The lowest BCUT2D eigenvalue weighted by Crippen LogP contribution is -2.55. The lowest BCUT2D eigenvalue weighted by molar-refractivity contribution is -0.288. The first-order chi connectivity index (χ1) is 30.9. The Morgan fingerprint density at radius 1 is 0.462 bits per heavy atom. The third kappa shape index (κ3) is 15.8. The molecule has 0 aliphatic heterocycles. The minimum absolute atomic E-state index is 0.0823. The number of esters is 4. The number of halogens is 6. The number of rotatable bonds is 30. The van der Waals surface area contributed by atoms with Gasteiger partial charge in [-0.2, -0.15) is 26.3 Å². The first-order valence-electron chi connectivity index (χ1n) is 24.0. The molecule has 0 fully saturated rings. The lowest BCUT2D eigenvalue weighted by atomic mass is 9.70. The van der Waals surface area contributed by atoms with Gasteiger partial charge < -0.3 is 18.9 Å². The van der Waals surface area contributed by atoms with Gasteiger partial charge in [-0.05, 0) is 78.7 Å². The Hall–Kier alpha value is -4.10. The van der Waals surface area contributed by atoms with E-state index in [1.807, 2.05) is 55.4 Å². The molecule has 0 aromatic heterocycles. The molecule has 0 saturated heterocycles. The first-order valence-corrected chi connectivity index (χ1v) is 24.0. The van der Waals surface area contributed by atoms with E-state index < -0.39 is 75.0 Å². The molecule has 0 heterocycles. The van der Waals surface area contributed by atoms with Gasteiger partial charge in [-0.3, -0.25) is 0 Å². The topological polar surface area (TPSA) is 105 Å². The van der Waals surface area contributed by atoms with Crippen molar-refractivity contribution in [2.45, 2.75) is 176 Å². The van der Waals surface area contributed by atoms with Gasteiger partial charge in [-0.15, -0.1) is 0 Å². The smallest absolute Gasteiger partial charge is 0.411 e. The van der Waals surface area contributed by atoms with E-state index in [1.54, 1.807) is 0 Å². The van der Waals surface area contributed by atoms with Crippen LogP contribution in [0.4, 0.5) is 26.3 Å². The monoisotopic (exact) mass is 929 g/mol. The van der Waals surface area contributed by atoms with Gasteiger partial charge in [0.05, 0.1) is 48.7 Å². The highest BCUT2D eigenvalue weighted by Gasteiger charge is 2.73. The van der Waals surface area contributed by atoms with Crippen LogP contribution in [0, 0.1) is 23.7 Å². The van der Waals surface area contributed by atoms with E-state index in [0.29, 0.717) is 75.6 Å². The predicted molar refractivity (Wildman–Crippen MR) is 240 cm³/mol. The van der Waals surface area contributed by atoms with Crippen molar-refractivity contribution in [2.24, 2.45) is 23.7 Å². The Balaban J connectivity index is 3.06. The average molecular weight is 929 g/mol. The molecule has 65 heavy (non-hydrogen) atoms. The number of alkyl halides is 6. The van der Waals surface area contributed by atoms with E-state index in [9.17, 15) is 19.2 Å². The maximum atomic E-state index is 16.1. The summed E-state index contributed by atoms with van der Waals surface area (Å²) in [6.07, 6.45) is -1.23. The van der Waals surface area contributed by atoms with Gasteiger partial charge in [-0.25, -0.2) is 19.2 Å². The molecule has 0 spiro atoms. The van der Waals surface area contributed by atoms with Crippen LogP contribution in [-0.4, -0.2) is 62.7 Å². The summed E-state index contributed by atoms with van der Waals surface area (Å²) in [6.45, 7) is 14.5. The van der Waals surface area contributed by atoms with Gasteiger partial charge >= 0.3 is 36.2 Å². The fraction of sp³-hybridized carbons (Fsp3) is 0.686. The third-order valence-electron chi connectivity index (χ3n) is 12.6. The molecule has 2 aromatic rings. The molecule has 0 amide bonds. The van der Waals surface area contributed by atoms with E-state index in [1.165, 1.54) is 0 Å². The van der Waals surface area contributed by atoms with E-state index in [2.05, 4.69) is 0 Å². The normalized spacial score (nSPS) is 14.0. The lowest BCUT2D eigenvalue weighted by Gasteiger charge is -2.39. The summed E-state index contributed by atoms with van der Waals surface area (Å²) in [4.78, 5) is 55.8. The van der Waals surface area contributed by atoms with Crippen LogP contribution in [0.25, 0.3) is 0 Å². The van der Waals surface area contributed by atoms with Gasteiger partial charge in [0.25, 0.3) is 0 Å². The SMILES string of the molecule is CCCCC(CC)COC(=O)c1ccc(C(c2cccc(C(=O)OCC(CC)CCCC)c2C(=O)OCC(CC)CCCC)(C(F)(F)F)C(F)(F)F)cc1C(=O)OCC(CC)CCCC. The third-order valence-corrected chi connectivity index (χ3v) is 12.6. The fourth-order valence-corrected chi connectivity index (χ4v) is 8.00. The van der Waals surface area contributed by atoms with Crippen LogP contribution in [0.1, 0.15) is 211 Å². The number of hydrogen-bond donors (Lipinski definition) is 0. The number of ether oxygens (including phenoxy) is 4. The largest absolute Gasteiger partial charge is 0.462 e. The summed E-state index contributed by atoms with van der Waals surface area (Å²) in [7, 11) is 0. The predicted octanol–water partition coefficient (Wildman–Crippen LogP) is 14.6. The molecular formula is C51H74F6O8. The van der Waals surface area contributed by atoms with Crippen LogP contribution in [0.2, 0.25) is 0 Å². The molecule has 14 heteroatoms. The summed E-state index contributed by atoms with van der Waals surface area (Å²) in [5.74, 6) is -6.01. The molecule has 0 aliphatic carbocycles. The summed E-state index contributed by atoms with van der Waals surface area (Å²) in [6, 6.07) is 3.74. The van der Waals surface area contributed by atoms with Crippen LogP contribution >= 0.6 is 0 Å². The Morgan fingerprint density at radius 2 is 0.815 bits per heavy atom. The van der Waals surface area contributed by atoms with Crippen molar-refractivity contribution in [1.29, 1.82) is 0 Å². The minimum atomic E-state index is -6.28. The van der Waals surface area contributed by atoms with E-state index in [-0.39, 0.29) is 50.1 Å². The van der Waals surface area contributed by atoms with Crippen molar-refractivity contribution in [3.8, 4) is 0 Å². The second kappa shape index (κ2) is 28.2. The van der Waals surface area contributed by atoms with Crippen LogP contribution in [0.15, 0.2) is 36.4 Å². The summed E-state index contributed by atoms with van der Waals surface area (Å²) >= 11 is 0. The van der Waals surface area contributed by atoms with Crippen molar-refractivity contribution >= 4 is 23.9 Å². The summed E-state index contributed by atoms with van der Waals surface area (Å²) in [5, 5.41) is 0. The first kappa shape index (κ1) is 57.0. The van der Waals surface area contributed by atoms with Crippen molar-refractivity contribution in [3.05, 3.63) is 69.8 Å². The maximum absolute atomic E-state index is 16.1. The minimum Gasteiger partial charge on any atom is -0.462 e. The van der Waals surface area contributed by atoms with Crippen LogP contribution in [0.3, 0.4) is 0 Å². The molecular weight excluding hydrogens is 855 g/mol. The molecule has 368 valence electrons. The van der Waals surface area contributed by atoms with Crippen LogP contribution < -0.4 is 0 Å². The molecule has 0 aliphatic rings. The molecule has 0 N–H and O–H groups in total. The van der Waals surface area contributed by atoms with Gasteiger partial charge in [-0.1, -0.05) is 151 Å². The van der Waals surface area contributed by atoms with E-state index >= 15 is 26.3 Å². The number of unbranched alkanes of at least 4 members (excludes halogenated alkanes) is 4. The molecule has 0 saturated carbocycles. The molecule has 0 bridgehead atoms. The van der Waals surface area contributed by atoms with Crippen molar-refractivity contribution < 1.29 is 64.5 Å². The molecule has 0 radical (unpaired) electrons. The number of hydrogen-bond acceptors (Lipinski definition) is 8. The molecule has 2 aromatic carbocycles. The van der Waals surface area contributed by atoms with E-state index in [4.69, 9.17) is 18.9 Å². The highest BCUT2D eigenvalue weighted by molar-refractivity contribution is 6.05. The number of benzene rings is 2. The zero-order chi connectivity index (χ0) is 48.8. The highest BCUT2D eigenvalue weighted by atomic mass is 19.4. The summed E-state index contributed by atoms with van der Waals surface area (Å²) < 4.78 is 119. The Bertz CT molecular complexity index is 1760. The average Bonchev–Trinajstić information content (AvgIpc) is 3.28. The van der Waals surface area contributed by atoms with E-state index in [0.717, 1.165) is 63.5 Å². The van der Waals surface area contributed by atoms with Crippen LogP contribution in [-0.2, 0) is 24.4 Å². The van der Waals surface area contributed by atoms with Crippen LogP contribution in [0.5, 0.6) is 0 Å². The van der Waals surface area contributed by atoms with Crippen molar-refractivity contribution in [2.75, 3.05) is 26.4 Å². The van der Waals surface area contributed by atoms with Gasteiger partial charge in [0.2, 0.25) is 5.41 Å².